The van der Waals surface area contributed by atoms with Gasteiger partial charge in [0.2, 0.25) is 5.28 Å². The summed E-state index contributed by atoms with van der Waals surface area (Å²) < 4.78 is 25.2. The highest BCUT2D eigenvalue weighted by Crippen LogP contribution is 2.38. The molecule has 0 unspecified atom stereocenters. The monoisotopic (exact) mass is 370 g/mol. The molecule has 24 heavy (non-hydrogen) atoms. The minimum atomic E-state index is -2.96. The largest absolute Gasteiger partial charge is 0.366 e. The molecule has 3 atom stereocenters. The van der Waals surface area contributed by atoms with Crippen LogP contribution in [0, 0.1) is 5.92 Å². The number of fused-ring (bicyclic) bond motifs is 1. The fourth-order valence-corrected chi connectivity index (χ4v) is 4.63. The van der Waals surface area contributed by atoms with Gasteiger partial charge in [0.25, 0.3) is 0 Å². The Balaban J connectivity index is 1.96. The van der Waals surface area contributed by atoms with Gasteiger partial charge in [-0.15, -0.1) is 0 Å². The molecule has 2 aromatic heterocycles. The summed E-state index contributed by atoms with van der Waals surface area (Å²) in [6, 6.07) is 0.474. The lowest BCUT2D eigenvalue weighted by atomic mass is 9.91. The van der Waals surface area contributed by atoms with Gasteiger partial charge in [0.1, 0.15) is 15.5 Å². The third-order valence-electron chi connectivity index (χ3n) is 5.02. The van der Waals surface area contributed by atoms with E-state index in [1.807, 2.05) is 0 Å². The van der Waals surface area contributed by atoms with Crippen LogP contribution in [0.25, 0.3) is 11.0 Å². The molecule has 0 bridgehead atoms. The van der Waals surface area contributed by atoms with Gasteiger partial charge in [-0.2, -0.15) is 4.98 Å². The van der Waals surface area contributed by atoms with Gasteiger partial charge in [0.05, 0.1) is 16.8 Å². The molecule has 8 heteroatoms. The van der Waals surface area contributed by atoms with E-state index in [4.69, 9.17) is 11.6 Å². The van der Waals surface area contributed by atoms with E-state index in [9.17, 15) is 8.42 Å². The molecule has 0 spiro atoms. The Hall–Kier alpha value is -1.34. The van der Waals surface area contributed by atoms with Crippen LogP contribution >= 0.6 is 11.6 Å². The summed E-state index contributed by atoms with van der Waals surface area (Å²) in [6.07, 6.45) is 6.14. The fraction of sp³-hybridized carbons (Fsp3) is 0.625. The van der Waals surface area contributed by atoms with Crippen LogP contribution in [0.4, 0.5) is 5.69 Å². The Labute approximate surface area is 147 Å². The Kier molecular flexibility index (Phi) is 4.51. The summed E-state index contributed by atoms with van der Waals surface area (Å²) in [6.45, 7) is 7.08. The molecule has 0 amide bonds. The third-order valence-corrected chi connectivity index (χ3v) is 6.23. The normalized spacial score (nSPS) is 22.6. The summed E-state index contributed by atoms with van der Waals surface area (Å²) in [5, 5.41) is 1.20. The zero-order chi connectivity index (χ0) is 17.6. The van der Waals surface area contributed by atoms with Crippen molar-refractivity contribution in [2.75, 3.05) is 23.5 Å². The Morgan fingerprint density at radius 1 is 1.46 bits per heavy atom. The van der Waals surface area contributed by atoms with Crippen molar-refractivity contribution >= 4 is 38.2 Å². The molecule has 0 aromatic carbocycles. The lowest BCUT2D eigenvalue weighted by Gasteiger charge is -2.47. The molecule has 6 nitrogen and oxygen atoms in total. The van der Waals surface area contributed by atoms with Crippen molar-refractivity contribution in [1.82, 2.24) is 14.5 Å². The first kappa shape index (κ1) is 17.5. The summed E-state index contributed by atoms with van der Waals surface area (Å²) >= 11 is 5.98. The zero-order valence-corrected chi connectivity index (χ0v) is 16.0. The van der Waals surface area contributed by atoms with E-state index >= 15 is 0 Å². The maximum absolute atomic E-state index is 11.5. The van der Waals surface area contributed by atoms with E-state index in [0.717, 1.165) is 29.7 Å². The molecule has 3 heterocycles. The van der Waals surface area contributed by atoms with Crippen molar-refractivity contribution in [3.05, 3.63) is 17.7 Å². The van der Waals surface area contributed by atoms with Gasteiger partial charge in [-0.1, -0.05) is 6.92 Å². The molecule has 1 aliphatic heterocycles. The third kappa shape index (κ3) is 3.11. The Morgan fingerprint density at radius 2 is 2.17 bits per heavy atom. The molecular weight excluding hydrogens is 348 g/mol. The van der Waals surface area contributed by atoms with E-state index in [1.54, 1.807) is 6.20 Å². The van der Waals surface area contributed by atoms with Gasteiger partial charge in [-0.05, 0) is 31.9 Å². The topological polar surface area (TPSA) is 68.1 Å². The summed E-state index contributed by atoms with van der Waals surface area (Å²) in [5.41, 5.74) is 1.89. The molecule has 132 valence electrons. The first-order valence-corrected chi connectivity index (χ1v) is 10.6. The van der Waals surface area contributed by atoms with Gasteiger partial charge in [-0.25, -0.2) is 13.4 Å². The minimum Gasteiger partial charge on any atom is -0.366 e. The molecule has 1 saturated heterocycles. The lowest BCUT2D eigenvalue weighted by molar-refractivity contribution is 0.341. The van der Waals surface area contributed by atoms with Crippen LogP contribution in [0.5, 0.6) is 0 Å². The number of nitrogens with zero attached hydrogens (tertiary/aromatic N) is 4. The van der Waals surface area contributed by atoms with Gasteiger partial charge >= 0.3 is 0 Å². The van der Waals surface area contributed by atoms with Gasteiger partial charge < -0.3 is 9.47 Å². The van der Waals surface area contributed by atoms with Crippen molar-refractivity contribution in [2.45, 2.75) is 39.3 Å². The number of rotatable bonds is 5. The average Bonchev–Trinajstić information content (AvgIpc) is 2.87. The number of anilines is 1. The van der Waals surface area contributed by atoms with Crippen molar-refractivity contribution in [3.63, 3.8) is 0 Å². The molecule has 1 fully saturated rings. The molecular formula is C16H23ClN4O2S. The minimum absolute atomic E-state index is 0.162. The van der Waals surface area contributed by atoms with E-state index in [0.29, 0.717) is 6.04 Å². The highest BCUT2D eigenvalue weighted by molar-refractivity contribution is 7.90. The summed E-state index contributed by atoms with van der Waals surface area (Å²) in [4.78, 5) is 10.8. The van der Waals surface area contributed by atoms with E-state index in [1.165, 1.54) is 6.26 Å². The van der Waals surface area contributed by atoms with Gasteiger partial charge in [-0.3, -0.25) is 0 Å². The molecule has 0 N–H and O–H groups in total. The van der Waals surface area contributed by atoms with Crippen LogP contribution in [0.2, 0.25) is 5.28 Å². The highest BCUT2D eigenvalue weighted by Gasteiger charge is 2.39. The fourth-order valence-electron chi connectivity index (χ4n) is 3.34. The van der Waals surface area contributed by atoms with Crippen LogP contribution in [-0.4, -0.2) is 47.5 Å². The summed E-state index contributed by atoms with van der Waals surface area (Å²) in [7, 11) is -2.96. The Bertz CT molecular complexity index is 864. The quantitative estimate of drug-likeness (QED) is 0.757. The number of halogens is 1. The maximum atomic E-state index is 11.5. The van der Waals surface area contributed by atoms with Crippen LogP contribution in [-0.2, 0) is 9.84 Å². The summed E-state index contributed by atoms with van der Waals surface area (Å²) in [5.74, 6) is 0.395. The average molecular weight is 371 g/mol. The van der Waals surface area contributed by atoms with Crippen molar-refractivity contribution in [3.8, 4) is 0 Å². The lowest BCUT2D eigenvalue weighted by Crippen LogP contribution is -2.57. The molecule has 1 aliphatic rings. The molecule has 3 rings (SSSR count). The van der Waals surface area contributed by atoms with Crippen molar-refractivity contribution in [2.24, 2.45) is 5.92 Å². The molecule has 0 saturated carbocycles. The van der Waals surface area contributed by atoms with Crippen LogP contribution in [0.1, 0.15) is 33.2 Å². The smallest absolute Gasteiger partial charge is 0.224 e. The van der Waals surface area contributed by atoms with Crippen LogP contribution in [0.15, 0.2) is 12.4 Å². The number of hydrogen-bond donors (Lipinski definition) is 0. The van der Waals surface area contributed by atoms with Gasteiger partial charge in [0.15, 0.2) is 0 Å². The number of hydrogen-bond acceptors (Lipinski definition) is 5. The van der Waals surface area contributed by atoms with Crippen molar-refractivity contribution in [1.29, 1.82) is 0 Å². The second-order valence-corrected chi connectivity index (χ2v) is 9.32. The van der Waals surface area contributed by atoms with Gasteiger partial charge in [0, 0.05) is 43.2 Å². The molecule has 2 aromatic rings. The molecule has 0 aliphatic carbocycles. The second-order valence-electron chi connectivity index (χ2n) is 6.80. The van der Waals surface area contributed by atoms with Crippen molar-refractivity contribution < 1.29 is 8.42 Å². The SMILES string of the molecule is CC[C@H](C)n1cc(N2C[C@H](CS(C)(=O)=O)[C@H]2C)c2cnc(Cl)nc21. The van der Waals surface area contributed by atoms with E-state index < -0.39 is 9.84 Å². The number of sulfone groups is 1. The Morgan fingerprint density at radius 3 is 2.75 bits per heavy atom. The predicted octanol–water partition coefficient (Wildman–Crippen LogP) is 2.93. The zero-order valence-electron chi connectivity index (χ0n) is 14.4. The van der Waals surface area contributed by atoms with Crippen LogP contribution in [0.3, 0.4) is 0 Å². The van der Waals surface area contributed by atoms with E-state index in [2.05, 4.69) is 46.4 Å². The highest BCUT2D eigenvalue weighted by atomic mass is 35.5. The first-order chi connectivity index (χ1) is 11.2. The predicted molar refractivity (Wildman–Crippen MR) is 97.5 cm³/mol. The maximum Gasteiger partial charge on any atom is 0.224 e. The van der Waals surface area contributed by atoms with Crippen LogP contribution < -0.4 is 4.90 Å². The molecule has 0 radical (unpaired) electrons. The number of aromatic nitrogens is 3. The van der Waals surface area contributed by atoms with E-state index in [-0.39, 0.29) is 23.0 Å². The first-order valence-electron chi connectivity index (χ1n) is 8.18. The second kappa shape index (κ2) is 6.19. The standard InChI is InChI=1S/C16H23ClN4O2S/c1-5-10(2)20-8-14(13-6-18-16(17)19-15(13)20)21-7-12(11(21)3)9-24(4,22)23/h6,8,10-12H,5,7,9H2,1-4H3/t10-,11+,12+/m0/s1.